The summed E-state index contributed by atoms with van der Waals surface area (Å²) in [5.74, 6) is 1.17. The average molecular weight is 524 g/mol. The van der Waals surface area contributed by atoms with E-state index in [4.69, 9.17) is 21.1 Å². The SMILES string of the molecule is COc1ccc(C(=O)NCCn2cc(SCC(=O)Nc3cc(Cl)ccc3OC)c3ccccc32)cc1. The Morgan fingerprint density at radius 1 is 1.00 bits per heavy atom. The lowest BCUT2D eigenvalue weighted by Crippen LogP contribution is -2.27. The summed E-state index contributed by atoms with van der Waals surface area (Å²) in [5, 5.41) is 7.39. The lowest BCUT2D eigenvalue weighted by Gasteiger charge is -2.10. The molecule has 4 aromatic rings. The van der Waals surface area contributed by atoms with Crippen LogP contribution in [-0.4, -0.2) is 42.9 Å². The summed E-state index contributed by atoms with van der Waals surface area (Å²) in [6.45, 7) is 1.05. The smallest absolute Gasteiger partial charge is 0.251 e. The number of anilines is 1. The van der Waals surface area contributed by atoms with E-state index in [9.17, 15) is 9.59 Å². The average Bonchev–Trinajstić information content (AvgIpc) is 3.25. The molecule has 0 aliphatic carbocycles. The van der Waals surface area contributed by atoms with Gasteiger partial charge < -0.3 is 24.7 Å². The number of carbonyl (C=O) groups is 2. The summed E-state index contributed by atoms with van der Waals surface area (Å²) in [7, 11) is 3.13. The molecule has 0 saturated carbocycles. The number of halogens is 1. The van der Waals surface area contributed by atoms with Gasteiger partial charge in [0.1, 0.15) is 11.5 Å². The lowest BCUT2D eigenvalue weighted by molar-refractivity contribution is -0.113. The summed E-state index contributed by atoms with van der Waals surface area (Å²) >= 11 is 7.51. The van der Waals surface area contributed by atoms with Crippen LogP contribution in [0.25, 0.3) is 10.9 Å². The predicted molar refractivity (Wildman–Crippen MR) is 145 cm³/mol. The maximum absolute atomic E-state index is 12.6. The summed E-state index contributed by atoms with van der Waals surface area (Å²) in [6.07, 6.45) is 2.02. The zero-order valence-electron chi connectivity index (χ0n) is 19.9. The van der Waals surface area contributed by atoms with Gasteiger partial charge in [0.05, 0.1) is 25.7 Å². The van der Waals surface area contributed by atoms with E-state index >= 15 is 0 Å². The standard InChI is InChI=1S/C27H26ClN3O4S/c1-34-20-10-7-18(8-11-20)27(33)29-13-14-31-16-25(21-5-3-4-6-23(21)31)36-17-26(32)30-22-15-19(28)9-12-24(22)35-2/h3-12,15-16H,13-14,17H2,1-2H3,(H,29,33)(H,30,32). The number of nitrogens with zero attached hydrogens (tertiary/aromatic N) is 1. The number of fused-ring (bicyclic) bond motifs is 1. The highest BCUT2D eigenvalue weighted by molar-refractivity contribution is 8.00. The van der Waals surface area contributed by atoms with Crippen molar-refractivity contribution in [3.05, 3.63) is 83.5 Å². The van der Waals surface area contributed by atoms with Crippen LogP contribution in [0.15, 0.2) is 77.8 Å². The molecule has 4 rings (SSSR count). The molecule has 0 bridgehead atoms. The van der Waals surface area contributed by atoms with E-state index in [0.717, 1.165) is 15.8 Å². The summed E-state index contributed by atoms with van der Waals surface area (Å²) in [6, 6.07) is 20.1. The molecule has 36 heavy (non-hydrogen) atoms. The zero-order valence-corrected chi connectivity index (χ0v) is 21.5. The molecular formula is C27H26ClN3O4S. The first kappa shape index (κ1) is 25.5. The maximum Gasteiger partial charge on any atom is 0.251 e. The molecule has 0 aliphatic heterocycles. The molecule has 0 unspecified atom stereocenters. The van der Waals surface area contributed by atoms with E-state index in [1.54, 1.807) is 56.7 Å². The van der Waals surface area contributed by atoms with Gasteiger partial charge in [-0.1, -0.05) is 29.8 Å². The summed E-state index contributed by atoms with van der Waals surface area (Å²) < 4.78 is 12.5. The molecule has 7 nitrogen and oxygen atoms in total. The van der Waals surface area contributed by atoms with Crippen molar-refractivity contribution in [3.63, 3.8) is 0 Å². The molecule has 1 heterocycles. The highest BCUT2D eigenvalue weighted by Crippen LogP contribution is 2.31. The lowest BCUT2D eigenvalue weighted by atomic mass is 10.2. The van der Waals surface area contributed by atoms with E-state index in [2.05, 4.69) is 15.2 Å². The quantitative estimate of drug-likeness (QED) is 0.269. The Labute approximate surface area is 218 Å². The molecule has 0 atom stereocenters. The minimum Gasteiger partial charge on any atom is -0.497 e. The van der Waals surface area contributed by atoms with Crippen molar-refractivity contribution in [1.82, 2.24) is 9.88 Å². The van der Waals surface area contributed by atoms with Crippen LogP contribution < -0.4 is 20.1 Å². The highest BCUT2D eigenvalue weighted by Gasteiger charge is 2.13. The Morgan fingerprint density at radius 2 is 1.78 bits per heavy atom. The number of nitrogens with one attached hydrogen (secondary N) is 2. The van der Waals surface area contributed by atoms with E-state index in [1.165, 1.54) is 11.8 Å². The van der Waals surface area contributed by atoms with Crippen molar-refractivity contribution in [2.24, 2.45) is 0 Å². The Balaban J connectivity index is 1.38. The summed E-state index contributed by atoms with van der Waals surface area (Å²) in [4.78, 5) is 26.1. The predicted octanol–water partition coefficient (Wildman–Crippen LogP) is 5.47. The van der Waals surface area contributed by atoms with Gasteiger partial charge in [-0.2, -0.15) is 0 Å². The van der Waals surface area contributed by atoms with E-state index in [-0.39, 0.29) is 17.6 Å². The van der Waals surface area contributed by atoms with Crippen LogP contribution >= 0.6 is 23.4 Å². The largest absolute Gasteiger partial charge is 0.497 e. The first-order chi connectivity index (χ1) is 17.5. The first-order valence-corrected chi connectivity index (χ1v) is 12.6. The number of methoxy groups -OCH3 is 2. The Morgan fingerprint density at radius 3 is 2.53 bits per heavy atom. The zero-order chi connectivity index (χ0) is 25.5. The Hall–Kier alpha value is -3.62. The van der Waals surface area contributed by atoms with Crippen molar-refractivity contribution in [2.75, 3.05) is 31.8 Å². The number of carbonyl (C=O) groups excluding carboxylic acids is 2. The maximum atomic E-state index is 12.6. The molecule has 9 heteroatoms. The van der Waals surface area contributed by atoms with Crippen molar-refractivity contribution < 1.29 is 19.1 Å². The molecule has 0 fully saturated rings. The van der Waals surface area contributed by atoms with Crippen LogP contribution in [0.2, 0.25) is 5.02 Å². The number of ether oxygens (including phenoxy) is 2. The number of thioether (sulfide) groups is 1. The topological polar surface area (TPSA) is 81.6 Å². The Bertz CT molecular complexity index is 1370. The van der Waals surface area contributed by atoms with Gasteiger partial charge in [-0.25, -0.2) is 0 Å². The highest BCUT2D eigenvalue weighted by atomic mass is 35.5. The van der Waals surface area contributed by atoms with Crippen molar-refractivity contribution in [2.45, 2.75) is 11.4 Å². The van der Waals surface area contributed by atoms with Crippen molar-refractivity contribution >= 4 is 51.8 Å². The van der Waals surface area contributed by atoms with Crippen LogP contribution in [-0.2, 0) is 11.3 Å². The second-order valence-corrected chi connectivity index (χ2v) is 9.32. The third-order valence-electron chi connectivity index (χ3n) is 5.54. The molecule has 2 N–H and O–H groups in total. The molecular weight excluding hydrogens is 498 g/mol. The van der Waals surface area contributed by atoms with Crippen LogP contribution in [0, 0.1) is 0 Å². The van der Waals surface area contributed by atoms with Crippen LogP contribution in [0.3, 0.4) is 0 Å². The van der Waals surface area contributed by atoms with Gasteiger partial charge in [0.25, 0.3) is 5.91 Å². The molecule has 3 aromatic carbocycles. The molecule has 0 aliphatic rings. The van der Waals surface area contributed by atoms with E-state index in [1.807, 2.05) is 30.5 Å². The number of hydrogen-bond acceptors (Lipinski definition) is 5. The molecule has 0 radical (unpaired) electrons. The number of aromatic nitrogens is 1. The van der Waals surface area contributed by atoms with Gasteiger partial charge in [-0.05, 0) is 48.5 Å². The number of para-hydroxylation sites is 1. The molecule has 0 spiro atoms. The fourth-order valence-corrected chi connectivity index (χ4v) is 4.82. The van der Waals surface area contributed by atoms with E-state index in [0.29, 0.717) is 40.9 Å². The van der Waals surface area contributed by atoms with Gasteiger partial charge in [0.15, 0.2) is 0 Å². The minimum absolute atomic E-state index is 0.142. The number of rotatable bonds is 10. The molecule has 186 valence electrons. The number of benzene rings is 3. The van der Waals surface area contributed by atoms with Crippen molar-refractivity contribution in [3.8, 4) is 11.5 Å². The Kier molecular flexibility index (Phi) is 8.40. The van der Waals surface area contributed by atoms with Crippen LogP contribution in [0.5, 0.6) is 11.5 Å². The van der Waals surface area contributed by atoms with Crippen LogP contribution in [0.1, 0.15) is 10.4 Å². The van der Waals surface area contributed by atoms with Gasteiger partial charge >= 0.3 is 0 Å². The minimum atomic E-state index is -0.163. The van der Waals surface area contributed by atoms with Crippen LogP contribution in [0.4, 0.5) is 5.69 Å². The third-order valence-corrected chi connectivity index (χ3v) is 6.81. The van der Waals surface area contributed by atoms with Gasteiger partial charge in [-0.3, -0.25) is 9.59 Å². The fourth-order valence-electron chi connectivity index (χ4n) is 3.75. The number of amides is 2. The monoisotopic (exact) mass is 523 g/mol. The van der Waals surface area contributed by atoms with E-state index < -0.39 is 0 Å². The first-order valence-electron chi connectivity index (χ1n) is 11.2. The summed E-state index contributed by atoms with van der Waals surface area (Å²) in [5.41, 5.74) is 2.15. The number of hydrogen-bond donors (Lipinski definition) is 2. The van der Waals surface area contributed by atoms with Gasteiger partial charge in [0, 0.05) is 45.7 Å². The van der Waals surface area contributed by atoms with Crippen molar-refractivity contribution in [1.29, 1.82) is 0 Å². The van der Waals surface area contributed by atoms with Gasteiger partial charge in [0.2, 0.25) is 5.91 Å². The second kappa shape index (κ2) is 11.9. The fraction of sp³-hybridized carbons (Fsp3) is 0.185. The third kappa shape index (κ3) is 6.13. The molecule has 0 saturated heterocycles. The molecule has 2 amide bonds. The second-order valence-electron chi connectivity index (χ2n) is 7.87. The molecule has 1 aromatic heterocycles. The normalized spacial score (nSPS) is 10.8. The van der Waals surface area contributed by atoms with Gasteiger partial charge in [-0.15, -0.1) is 11.8 Å².